The van der Waals surface area contributed by atoms with Crippen molar-refractivity contribution in [3.8, 4) is 17.2 Å². The molecule has 0 saturated heterocycles. The summed E-state index contributed by atoms with van der Waals surface area (Å²) in [5.74, 6) is 2.59. The number of ether oxygens (including phenoxy) is 3. The van der Waals surface area contributed by atoms with Crippen molar-refractivity contribution in [3.05, 3.63) is 89.5 Å². The number of rotatable bonds is 32. The lowest BCUT2D eigenvalue weighted by atomic mass is 9.84. The van der Waals surface area contributed by atoms with Gasteiger partial charge in [0.05, 0.1) is 20.3 Å². The van der Waals surface area contributed by atoms with E-state index >= 15 is 0 Å². The van der Waals surface area contributed by atoms with Crippen LogP contribution in [0.15, 0.2) is 72.8 Å². The number of methoxy groups -OCH3 is 1. The van der Waals surface area contributed by atoms with Crippen molar-refractivity contribution in [2.45, 2.75) is 173 Å². The average molecular weight is 734 g/mol. The summed E-state index contributed by atoms with van der Waals surface area (Å²) >= 11 is 7.66. The normalized spacial score (nSPS) is 11.5. The Kier molecular flexibility index (Phi) is 23.5. The molecule has 0 atom stereocenters. The first-order valence-corrected chi connectivity index (χ1v) is 21.8. The lowest BCUT2D eigenvalue weighted by molar-refractivity contribution is 0.304. The third kappa shape index (κ3) is 17.0. The van der Waals surface area contributed by atoms with Crippen LogP contribution in [0.25, 0.3) is 0 Å². The van der Waals surface area contributed by atoms with Crippen molar-refractivity contribution in [2.75, 3.05) is 20.3 Å². The Morgan fingerprint density at radius 2 is 0.615 bits per heavy atom. The molecule has 0 spiro atoms. The van der Waals surface area contributed by atoms with E-state index in [1.807, 2.05) is 12.1 Å². The fourth-order valence-electron chi connectivity index (χ4n) is 7.15. The van der Waals surface area contributed by atoms with Crippen LogP contribution in [-0.2, 0) is 4.87 Å². The Labute approximate surface area is 324 Å². The van der Waals surface area contributed by atoms with Gasteiger partial charge in [-0.2, -0.15) is 0 Å². The van der Waals surface area contributed by atoms with Gasteiger partial charge in [0.1, 0.15) is 22.1 Å². The van der Waals surface area contributed by atoms with Gasteiger partial charge in [-0.3, -0.25) is 0 Å². The van der Waals surface area contributed by atoms with E-state index in [1.165, 1.54) is 141 Å². The first-order chi connectivity index (χ1) is 25.6. The molecule has 0 aromatic heterocycles. The Balaban J connectivity index is 1.43. The van der Waals surface area contributed by atoms with E-state index in [9.17, 15) is 0 Å². The van der Waals surface area contributed by atoms with Gasteiger partial charge >= 0.3 is 0 Å². The smallest absolute Gasteiger partial charge is 0.119 e. The Morgan fingerprint density at radius 3 is 0.885 bits per heavy atom. The zero-order valence-corrected chi connectivity index (χ0v) is 34.2. The summed E-state index contributed by atoms with van der Waals surface area (Å²) < 4.78 is 17.7. The van der Waals surface area contributed by atoms with Crippen LogP contribution < -0.4 is 14.2 Å². The van der Waals surface area contributed by atoms with Crippen molar-refractivity contribution >= 4 is 11.6 Å². The quantitative estimate of drug-likeness (QED) is 0.0363. The second-order valence-corrected chi connectivity index (χ2v) is 15.5. The molecule has 3 nitrogen and oxygen atoms in total. The Bertz CT molecular complexity index is 1180. The molecule has 3 rings (SSSR count). The van der Waals surface area contributed by atoms with Crippen LogP contribution in [0.3, 0.4) is 0 Å². The topological polar surface area (TPSA) is 27.7 Å². The zero-order valence-electron chi connectivity index (χ0n) is 33.4. The van der Waals surface area contributed by atoms with Crippen molar-refractivity contribution in [1.82, 2.24) is 0 Å². The average Bonchev–Trinajstić information content (AvgIpc) is 3.18. The van der Waals surface area contributed by atoms with E-state index in [2.05, 4.69) is 74.5 Å². The minimum Gasteiger partial charge on any atom is -0.497 e. The van der Waals surface area contributed by atoms with Crippen LogP contribution >= 0.6 is 11.6 Å². The third-order valence-electron chi connectivity index (χ3n) is 10.5. The second kappa shape index (κ2) is 27.9. The van der Waals surface area contributed by atoms with Crippen LogP contribution in [0.5, 0.6) is 17.2 Å². The zero-order chi connectivity index (χ0) is 37.0. The molecule has 0 radical (unpaired) electrons. The summed E-state index contributed by atoms with van der Waals surface area (Å²) in [6, 6.07) is 24.7. The SMILES string of the molecule is CCCCCCCCCCCCCCOc1ccc(C(Cl)(c2ccc(OC)cc2)c2ccc(OCCCCCCCCCCCCCC)cc2)cc1. The molecule has 0 heterocycles. The highest BCUT2D eigenvalue weighted by molar-refractivity contribution is 6.28. The van der Waals surface area contributed by atoms with Crippen molar-refractivity contribution in [2.24, 2.45) is 0 Å². The fourth-order valence-corrected chi connectivity index (χ4v) is 7.53. The fraction of sp³-hybridized carbons (Fsp3) is 0.625. The molecular formula is C48H73ClO3. The molecule has 0 fully saturated rings. The van der Waals surface area contributed by atoms with E-state index in [1.54, 1.807) is 7.11 Å². The maximum atomic E-state index is 7.66. The van der Waals surface area contributed by atoms with E-state index < -0.39 is 4.87 Å². The van der Waals surface area contributed by atoms with E-state index in [4.69, 9.17) is 25.8 Å². The lowest BCUT2D eigenvalue weighted by Crippen LogP contribution is -2.22. The van der Waals surface area contributed by atoms with E-state index in [0.717, 1.165) is 60.0 Å². The largest absolute Gasteiger partial charge is 0.497 e. The standard InChI is InChI=1S/C48H73ClO3/c1-4-6-8-10-12-14-16-18-20-22-24-26-40-51-46-36-30-43(31-37-46)48(49,42-28-34-45(50-3)35-29-42)44-32-38-47(39-33-44)52-41-27-25-23-21-19-17-15-13-11-9-7-5-2/h28-39H,4-27,40-41H2,1-3H3. The molecule has 3 aromatic rings. The number of benzene rings is 3. The highest BCUT2D eigenvalue weighted by Crippen LogP contribution is 2.44. The van der Waals surface area contributed by atoms with Gasteiger partial charge in [-0.1, -0.05) is 192 Å². The number of hydrogen-bond acceptors (Lipinski definition) is 3. The lowest BCUT2D eigenvalue weighted by Gasteiger charge is -2.29. The molecule has 290 valence electrons. The van der Waals surface area contributed by atoms with E-state index in [0.29, 0.717) is 0 Å². The van der Waals surface area contributed by atoms with E-state index in [-0.39, 0.29) is 0 Å². The van der Waals surface area contributed by atoms with Gasteiger partial charge in [0, 0.05) is 0 Å². The molecule has 0 aliphatic carbocycles. The monoisotopic (exact) mass is 733 g/mol. The van der Waals surface area contributed by atoms with Crippen LogP contribution in [0, 0.1) is 0 Å². The molecule has 4 heteroatoms. The Morgan fingerprint density at radius 1 is 0.365 bits per heavy atom. The van der Waals surface area contributed by atoms with Crippen LogP contribution in [0.2, 0.25) is 0 Å². The summed E-state index contributed by atoms with van der Waals surface area (Å²) in [5.41, 5.74) is 3.00. The first-order valence-electron chi connectivity index (χ1n) is 21.4. The highest BCUT2D eigenvalue weighted by Gasteiger charge is 2.34. The van der Waals surface area contributed by atoms with Crippen LogP contribution in [0.4, 0.5) is 0 Å². The first kappa shape index (κ1) is 43.8. The van der Waals surface area contributed by atoms with Crippen molar-refractivity contribution < 1.29 is 14.2 Å². The third-order valence-corrected chi connectivity index (χ3v) is 11.2. The van der Waals surface area contributed by atoms with Gasteiger partial charge in [-0.15, -0.1) is 11.6 Å². The molecule has 0 unspecified atom stereocenters. The molecule has 52 heavy (non-hydrogen) atoms. The predicted molar refractivity (Wildman–Crippen MR) is 225 cm³/mol. The molecule has 0 N–H and O–H groups in total. The minimum absolute atomic E-state index is 0.752. The van der Waals surface area contributed by atoms with Crippen LogP contribution in [0.1, 0.15) is 185 Å². The Hall–Kier alpha value is -2.65. The molecule has 0 aliphatic heterocycles. The molecule has 0 bridgehead atoms. The van der Waals surface area contributed by atoms with Crippen molar-refractivity contribution in [1.29, 1.82) is 0 Å². The number of unbranched alkanes of at least 4 members (excludes halogenated alkanes) is 22. The van der Waals surface area contributed by atoms with Gasteiger partial charge in [0.25, 0.3) is 0 Å². The molecule has 0 amide bonds. The van der Waals surface area contributed by atoms with Gasteiger partial charge < -0.3 is 14.2 Å². The summed E-state index contributed by atoms with van der Waals surface area (Å²) in [4.78, 5) is -0.867. The molecule has 3 aromatic carbocycles. The summed E-state index contributed by atoms with van der Waals surface area (Å²) in [6.45, 7) is 6.07. The number of halogens is 1. The molecule has 0 saturated carbocycles. The summed E-state index contributed by atoms with van der Waals surface area (Å²) in [6.07, 6.45) is 32.3. The van der Waals surface area contributed by atoms with Crippen LogP contribution in [-0.4, -0.2) is 20.3 Å². The minimum atomic E-state index is -0.867. The van der Waals surface area contributed by atoms with Gasteiger partial charge in [-0.05, 0) is 65.9 Å². The van der Waals surface area contributed by atoms with Gasteiger partial charge in [0.2, 0.25) is 0 Å². The molecular weight excluding hydrogens is 660 g/mol. The highest BCUT2D eigenvalue weighted by atomic mass is 35.5. The van der Waals surface area contributed by atoms with Gasteiger partial charge in [-0.25, -0.2) is 0 Å². The van der Waals surface area contributed by atoms with Gasteiger partial charge in [0.15, 0.2) is 0 Å². The molecule has 0 aliphatic rings. The van der Waals surface area contributed by atoms with Crippen molar-refractivity contribution in [3.63, 3.8) is 0 Å². The summed E-state index contributed by atoms with van der Waals surface area (Å²) in [5, 5.41) is 0. The summed E-state index contributed by atoms with van der Waals surface area (Å²) in [7, 11) is 1.69. The second-order valence-electron chi connectivity index (χ2n) is 14.9. The number of alkyl halides is 1. The predicted octanol–water partition coefficient (Wildman–Crippen LogP) is 15.4. The maximum absolute atomic E-state index is 7.66. The maximum Gasteiger partial charge on any atom is 0.119 e. The number of hydrogen-bond donors (Lipinski definition) is 0.